The Kier molecular flexibility index (Phi) is 3.57. The Labute approximate surface area is 90.3 Å². The number of rotatable bonds is 4. The fraction of sp³-hybridized carbons (Fsp3) is 0.364. The van der Waals surface area contributed by atoms with Crippen LogP contribution in [0.15, 0.2) is 24.2 Å². The minimum atomic E-state index is -0.582. The second kappa shape index (κ2) is 5.36. The summed E-state index contributed by atoms with van der Waals surface area (Å²) in [6.07, 6.45) is -0.582. The predicted molar refractivity (Wildman–Crippen MR) is 57.0 cm³/mol. The molecule has 1 rings (SSSR count). The molecule has 15 heavy (non-hydrogen) atoms. The molecule has 0 saturated heterocycles. The van der Waals surface area contributed by atoms with Gasteiger partial charge in [0.2, 0.25) is 0 Å². The van der Waals surface area contributed by atoms with Gasteiger partial charge in [-0.15, -0.1) is 0 Å². The lowest BCUT2D eigenvalue weighted by atomic mass is 10.2. The summed E-state index contributed by atoms with van der Waals surface area (Å²) in [7, 11) is 1.45. The van der Waals surface area contributed by atoms with Crippen molar-refractivity contribution >= 4 is 5.91 Å². The second-order valence-corrected chi connectivity index (χ2v) is 3.20. The van der Waals surface area contributed by atoms with Gasteiger partial charge in [-0.25, -0.2) is 0 Å². The van der Waals surface area contributed by atoms with Crippen LogP contribution < -0.4 is 10.1 Å². The standard InChI is InChI=1S/C11H15NO3/c1-8(13)7-12-11(14)9-4-3-5-10(6-9)15-2/h3-6,8,13H,7H2,1-2H3,(H,12,14)/t8-/m0/s1/i5D. The van der Waals surface area contributed by atoms with Gasteiger partial charge >= 0.3 is 0 Å². The highest BCUT2D eigenvalue weighted by Gasteiger charge is 2.06. The Bertz CT molecular complexity index is 379. The number of hydrogen-bond donors (Lipinski definition) is 2. The number of carbonyl (C=O) groups excluding carboxylic acids is 1. The van der Waals surface area contributed by atoms with Gasteiger partial charge in [0, 0.05) is 12.1 Å². The SMILES string of the molecule is [2H]c1ccc(C(=O)NC[C@H](C)O)cc1OC. The largest absolute Gasteiger partial charge is 0.497 e. The van der Waals surface area contributed by atoms with E-state index in [1.54, 1.807) is 13.0 Å². The second-order valence-electron chi connectivity index (χ2n) is 3.20. The lowest BCUT2D eigenvalue weighted by Gasteiger charge is -2.07. The number of methoxy groups -OCH3 is 1. The zero-order valence-corrected chi connectivity index (χ0v) is 8.78. The van der Waals surface area contributed by atoms with Crippen LogP contribution in [0.2, 0.25) is 0 Å². The molecule has 0 spiro atoms. The maximum Gasteiger partial charge on any atom is 0.251 e. The average Bonchev–Trinajstić information content (AvgIpc) is 2.26. The first-order chi connectivity index (χ1) is 7.54. The zero-order valence-electron chi connectivity index (χ0n) is 9.78. The molecule has 0 aliphatic rings. The fourth-order valence-corrected chi connectivity index (χ4v) is 1.05. The molecule has 0 bridgehead atoms. The van der Waals surface area contributed by atoms with Gasteiger partial charge < -0.3 is 15.2 Å². The van der Waals surface area contributed by atoms with Crippen molar-refractivity contribution in [2.75, 3.05) is 13.7 Å². The van der Waals surface area contributed by atoms with Crippen LogP contribution in [0.3, 0.4) is 0 Å². The number of nitrogens with one attached hydrogen (secondary N) is 1. The number of carbonyl (C=O) groups is 1. The summed E-state index contributed by atoms with van der Waals surface area (Å²) >= 11 is 0. The summed E-state index contributed by atoms with van der Waals surface area (Å²) in [6, 6.07) is 4.77. The summed E-state index contributed by atoms with van der Waals surface area (Å²) in [5.41, 5.74) is 0.411. The number of amides is 1. The van der Waals surface area contributed by atoms with Gasteiger partial charge in [-0.3, -0.25) is 4.79 Å². The Hall–Kier alpha value is -1.55. The Morgan fingerprint density at radius 2 is 2.53 bits per heavy atom. The molecular formula is C11H15NO3. The van der Waals surface area contributed by atoms with Gasteiger partial charge in [-0.1, -0.05) is 6.07 Å². The third-order valence-electron chi connectivity index (χ3n) is 1.82. The maximum absolute atomic E-state index is 11.6. The van der Waals surface area contributed by atoms with Crippen molar-refractivity contribution in [3.63, 3.8) is 0 Å². The number of benzene rings is 1. The van der Waals surface area contributed by atoms with Crippen LogP contribution >= 0.6 is 0 Å². The highest BCUT2D eigenvalue weighted by molar-refractivity contribution is 5.94. The van der Waals surface area contributed by atoms with Crippen molar-refractivity contribution in [2.45, 2.75) is 13.0 Å². The lowest BCUT2D eigenvalue weighted by molar-refractivity contribution is 0.0923. The number of aliphatic hydroxyl groups excluding tert-OH is 1. The van der Waals surface area contributed by atoms with E-state index in [-0.39, 0.29) is 18.5 Å². The molecule has 1 atom stereocenters. The van der Waals surface area contributed by atoms with E-state index in [0.717, 1.165) is 0 Å². The number of hydrogen-bond acceptors (Lipinski definition) is 3. The lowest BCUT2D eigenvalue weighted by Crippen LogP contribution is -2.30. The Morgan fingerprint density at radius 3 is 3.13 bits per heavy atom. The Morgan fingerprint density at radius 1 is 1.80 bits per heavy atom. The van der Waals surface area contributed by atoms with E-state index in [1.807, 2.05) is 0 Å². The minimum Gasteiger partial charge on any atom is -0.497 e. The normalized spacial score (nSPS) is 12.9. The monoisotopic (exact) mass is 210 g/mol. The van der Waals surface area contributed by atoms with Gasteiger partial charge in [-0.2, -0.15) is 0 Å². The highest BCUT2D eigenvalue weighted by atomic mass is 16.5. The molecule has 1 amide bonds. The van der Waals surface area contributed by atoms with E-state index in [0.29, 0.717) is 11.3 Å². The van der Waals surface area contributed by atoms with Crippen molar-refractivity contribution in [2.24, 2.45) is 0 Å². The molecule has 0 unspecified atom stereocenters. The molecule has 82 valence electrons. The first-order valence-electron chi connectivity index (χ1n) is 5.15. The van der Waals surface area contributed by atoms with Crippen molar-refractivity contribution in [3.05, 3.63) is 29.8 Å². The van der Waals surface area contributed by atoms with Crippen molar-refractivity contribution in [1.29, 1.82) is 0 Å². The fourth-order valence-electron chi connectivity index (χ4n) is 1.05. The summed E-state index contributed by atoms with van der Waals surface area (Å²) < 4.78 is 12.4. The van der Waals surface area contributed by atoms with Crippen molar-refractivity contribution < 1.29 is 16.0 Å². The third-order valence-corrected chi connectivity index (χ3v) is 1.82. The number of ether oxygens (including phenoxy) is 1. The van der Waals surface area contributed by atoms with Gasteiger partial charge in [0.1, 0.15) is 5.75 Å². The van der Waals surface area contributed by atoms with Gasteiger partial charge in [0.25, 0.3) is 5.91 Å². The molecule has 1 aromatic carbocycles. The van der Waals surface area contributed by atoms with Gasteiger partial charge in [0.05, 0.1) is 14.6 Å². The van der Waals surface area contributed by atoms with Crippen LogP contribution in [0.4, 0.5) is 0 Å². The molecule has 0 heterocycles. The first-order valence-corrected chi connectivity index (χ1v) is 4.65. The quantitative estimate of drug-likeness (QED) is 0.773. The van der Waals surface area contributed by atoms with E-state index in [1.165, 1.54) is 19.2 Å². The first kappa shape index (κ1) is 9.98. The zero-order chi connectivity index (χ0) is 12.1. The molecule has 0 fully saturated rings. The predicted octanol–water partition coefficient (Wildman–Crippen LogP) is 0.806. The molecule has 4 nitrogen and oxygen atoms in total. The van der Waals surface area contributed by atoms with Crippen LogP contribution in [0, 0.1) is 0 Å². The molecule has 1 aromatic rings. The van der Waals surface area contributed by atoms with Crippen LogP contribution in [-0.2, 0) is 0 Å². The summed E-state index contributed by atoms with van der Waals surface area (Å²) in [4.78, 5) is 11.6. The number of aliphatic hydroxyl groups is 1. The van der Waals surface area contributed by atoms with Crippen LogP contribution in [0.25, 0.3) is 0 Å². The average molecular weight is 210 g/mol. The van der Waals surface area contributed by atoms with Crippen molar-refractivity contribution in [3.8, 4) is 5.75 Å². The molecule has 0 aliphatic heterocycles. The van der Waals surface area contributed by atoms with E-state index >= 15 is 0 Å². The van der Waals surface area contributed by atoms with Crippen LogP contribution in [-0.4, -0.2) is 30.8 Å². The minimum absolute atomic E-state index is 0.198. The summed E-state index contributed by atoms with van der Waals surface area (Å²) in [5, 5.41) is 11.6. The van der Waals surface area contributed by atoms with E-state index in [2.05, 4.69) is 5.32 Å². The van der Waals surface area contributed by atoms with E-state index in [4.69, 9.17) is 11.2 Å². The Balaban J connectivity index is 2.76. The highest BCUT2D eigenvalue weighted by Crippen LogP contribution is 2.12. The third kappa shape index (κ3) is 3.59. The van der Waals surface area contributed by atoms with Crippen molar-refractivity contribution in [1.82, 2.24) is 5.32 Å². The molecule has 2 N–H and O–H groups in total. The summed E-state index contributed by atoms with van der Waals surface area (Å²) in [6.45, 7) is 1.79. The van der Waals surface area contributed by atoms with E-state index in [9.17, 15) is 4.79 Å². The van der Waals surface area contributed by atoms with Gasteiger partial charge in [-0.05, 0) is 25.1 Å². The molecule has 4 heteroatoms. The maximum atomic E-state index is 11.6. The van der Waals surface area contributed by atoms with E-state index < -0.39 is 6.10 Å². The van der Waals surface area contributed by atoms with Gasteiger partial charge in [0.15, 0.2) is 0 Å². The molecule has 0 radical (unpaired) electrons. The smallest absolute Gasteiger partial charge is 0.251 e. The molecular weight excluding hydrogens is 194 g/mol. The molecule has 0 aliphatic carbocycles. The van der Waals surface area contributed by atoms with Crippen LogP contribution in [0.1, 0.15) is 18.7 Å². The van der Waals surface area contributed by atoms with Crippen LogP contribution in [0.5, 0.6) is 5.75 Å². The molecule has 0 saturated carbocycles. The summed E-state index contributed by atoms with van der Waals surface area (Å²) in [5.74, 6) is 0.0592. The molecule has 0 aromatic heterocycles. The topological polar surface area (TPSA) is 58.6 Å².